The monoisotopic (exact) mass is 262 g/mol. The molecule has 1 aliphatic heterocycles. The predicted molar refractivity (Wildman–Crippen MR) is 68.0 cm³/mol. The standard InChI is InChI=1S/C12H10N2O3S/c15-12(14-13-9-3-4-18-6-9)8-1-2-10-11(5-8)17-7-16-10/h1-6,13H,7H2,(H,14,15). The van der Waals surface area contributed by atoms with Crippen molar-refractivity contribution in [2.75, 3.05) is 12.2 Å². The molecule has 0 spiro atoms. The molecule has 0 unspecified atom stereocenters. The number of rotatable bonds is 3. The third kappa shape index (κ3) is 2.10. The normalized spacial score (nSPS) is 12.2. The summed E-state index contributed by atoms with van der Waals surface area (Å²) in [6, 6.07) is 6.96. The highest BCUT2D eigenvalue weighted by Gasteiger charge is 2.15. The quantitative estimate of drug-likeness (QED) is 0.833. The maximum atomic E-state index is 11.9. The van der Waals surface area contributed by atoms with Crippen LogP contribution in [0, 0.1) is 0 Å². The maximum absolute atomic E-state index is 11.9. The number of carbonyl (C=O) groups excluding carboxylic acids is 1. The van der Waals surface area contributed by atoms with Gasteiger partial charge in [-0.15, -0.1) is 0 Å². The summed E-state index contributed by atoms with van der Waals surface area (Å²) >= 11 is 1.55. The van der Waals surface area contributed by atoms with E-state index in [9.17, 15) is 4.79 Å². The van der Waals surface area contributed by atoms with E-state index >= 15 is 0 Å². The van der Waals surface area contributed by atoms with Gasteiger partial charge in [0.05, 0.1) is 5.69 Å². The fourth-order valence-electron chi connectivity index (χ4n) is 1.57. The average molecular weight is 262 g/mol. The highest BCUT2D eigenvalue weighted by molar-refractivity contribution is 7.08. The van der Waals surface area contributed by atoms with E-state index in [1.807, 2.05) is 16.8 Å². The Hall–Kier alpha value is -2.21. The van der Waals surface area contributed by atoms with Crippen LogP contribution in [0.3, 0.4) is 0 Å². The number of anilines is 1. The van der Waals surface area contributed by atoms with Crippen molar-refractivity contribution in [3.05, 3.63) is 40.6 Å². The van der Waals surface area contributed by atoms with Gasteiger partial charge >= 0.3 is 0 Å². The largest absolute Gasteiger partial charge is 0.454 e. The fourth-order valence-corrected chi connectivity index (χ4v) is 2.16. The number of benzene rings is 1. The van der Waals surface area contributed by atoms with Gasteiger partial charge in [-0.3, -0.25) is 15.6 Å². The molecular weight excluding hydrogens is 252 g/mol. The molecular formula is C12H10N2O3S. The van der Waals surface area contributed by atoms with Crippen LogP contribution < -0.4 is 20.3 Å². The summed E-state index contributed by atoms with van der Waals surface area (Å²) < 4.78 is 10.4. The molecule has 92 valence electrons. The lowest BCUT2D eigenvalue weighted by molar-refractivity contribution is 0.0962. The lowest BCUT2D eigenvalue weighted by Gasteiger charge is -2.07. The minimum atomic E-state index is -0.223. The van der Waals surface area contributed by atoms with Gasteiger partial charge in [-0.05, 0) is 29.6 Å². The number of hydrogen-bond donors (Lipinski definition) is 2. The molecule has 0 saturated heterocycles. The van der Waals surface area contributed by atoms with Crippen LogP contribution in [0.4, 0.5) is 5.69 Å². The Bertz CT molecular complexity index is 569. The molecule has 0 fully saturated rings. The number of carbonyl (C=O) groups is 1. The van der Waals surface area contributed by atoms with Crippen LogP contribution in [0.15, 0.2) is 35.0 Å². The van der Waals surface area contributed by atoms with Crippen molar-refractivity contribution >= 4 is 22.9 Å². The molecule has 5 nitrogen and oxygen atoms in total. The number of ether oxygens (including phenoxy) is 2. The van der Waals surface area contributed by atoms with Gasteiger partial charge in [-0.2, -0.15) is 11.3 Å². The van der Waals surface area contributed by atoms with Gasteiger partial charge in [0.25, 0.3) is 5.91 Å². The van der Waals surface area contributed by atoms with Crippen molar-refractivity contribution in [3.8, 4) is 11.5 Å². The van der Waals surface area contributed by atoms with Crippen LogP contribution in [-0.2, 0) is 0 Å². The van der Waals surface area contributed by atoms with Crippen LogP contribution in [0.5, 0.6) is 11.5 Å². The minimum absolute atomic E-state index is 0.202. The molecule has 0 aliphatic carbocycles. The third-order valence-corrected chi connectivity index (χ3v) is 3.16. The molecule has 0 saturated carbocycles. The van der Waals surface area contributed by atoms with Crippen molar-refractivity contribution in [1.29, 1.82) is 0 Å². The molecule has 6 heteroatoms. The highest BCUT2D eigenvalue weighted by Crippen LogP contribution is 2.32. The first-order valence-electron chi connectivity index (χ1n) is 5.31. The summed E-state index contributed by atoms with van der Waals surface area (Å²) in [4.78, 5) is 11.9. The van der Waals surface area contributed by atoms with Crippen LogP contribution >= 0.6 is 11.3 Å². The molecule has 2 N–H and O–H groups in total. The predicted octanol–water partition coefficient (Wildman–Crippen LogP) is 2.23. The van der Waals surface area contributed by atoms with Gasteiger partial charge in [0.1, 0.15) is 0 Å². The first-order chi connectivity index (χ1) is 8.83. The topological polar surface area (TPSA) is 59.6 Å². The third-order valence-electron chi connectivity index (χ3n) is 2.48. The Morgan fingerprint density at radius 2 is 2.11 bits per heavy atom. The van der Waals surface area contributed by atoms with Gasteiger partial charge < -0.3 is 9.47 Å². The van der Waals surface area contributed by atoms with E-state index in [4.69, 9.17) is 9.47 Å². The smallest absolute Gasteiger partial charge is 0.269 e. The molecule has 1 aromatic heterocycles. The Labute approximate surface area is 107 Å². The number of hydrogen-bond acceptors (Lipinski definition) is 5. The molecule has 18 heavy (non-hydrogen) atoms. The van der Waals surface area contributed by atoms with Crippen LogP contribution in [-0.4, -0.2) is 12.7 Å². The van der Waals surface area contributed by atoms with E-state index in [2.05, 4.69) is 10.9 Å². The maximum Gasteiger partial charge on any atom is 0.269 e. The zero-order valence-electron chi connectivity index (χ0n) is 9.30. The molecule has 1 amide bonds. The molecule has 0 bridgehead atoms. The average Bonchev–Trinajstić information content (AvgIpc) is 3.05. The van der Waals surface area contributed by atoms with Gasteiger partial charge in [0.2, 0.25) is 6.79 Å². The number of thiophene rings is 1. The van der Waals surface area contributed by atoms with Crippen molar-refractivity contribution in [3.63, 3.8) is 0 Å². The van der Waals surface area contributed by atoms with Crippen molar-refractivity contribution in [2.24, 2.45) is 0 Å². The minimum Gasteiger partial charge on any atom is -0.454 e. The van der Waals surface area contributed by atoms with Gasteiger partial charge in [0.15, 0.2) is 11.5 Å². The second kappa shape index (κ2) is 4.58. The zero-order chi connectivity index (χ0) is 12.4. The Balaban J connectivity index is 1.69. The Morgan fingerprint density at radius 3 is 2.94 bits per heavy atom. The summed E-state index contributed by atoms with van der Waals surface area (Å²) in [6.45, 7) is 0.202. The summed E-state index contributed by atoms with van der Waals surface area (Å²) in [5.41, 5.74) is 6.81. The van der Waals surface area contributed by atoms with Crippen LogP contribution in [0.1, 0.15) is 10.4 Å². The van der Waals surface area contributed by atoms with Crippen molar-refractivity contribution in [1.82, 2.24) is 5.43 Å². The summed E-state index contributed by atoms with van der Waals surface area (Å²) in [7, 11) is 0. The molecule has 0 radical (unpaired) electrons. The van der Waals surface area contributed by atoms with Crippen molar-refractivity contribution in [2.45, 2.75) is 0 Å². The highest BCUT2D eigenvalue weighted by atomic mass is 32.1. The van der Waals surface area contributed by atoms with Gasteiger partial charge in [-0.1, -0.05) is 0 Å². The van der Waals surface area contributed by atoms with E-state index in [-0.39, 0.29) is 12.7 Å². The number of nitrogens with one attached hydrogen (secondary N) is 2. The second-order valence-electron chi connectivity index (χ2n) is 3.66. The fraction of sp³-hybridized carbons (Fsp3) is 0.0833. The van der Waals surface area contributed by atoms with Crippen molar-refractivity contribution < 1.29 is 14.3 Å². The van der Waals surface area contributed by atoms with Gasteiger partial charge in [-0.25, -0.2) is 0 Å². The molecule has 2 aromatic rings. The molecule has 0 atom stereocenters. The molecule has 2 heterocycles. The summed E-state index contributed by atoms with van der Waals surface area (Å²) in [6.07, 6.45) is 0. The van der Waals surface area contributed by atoms with E-state index in [1.54, 1.807) is 29.5 Å². The lowest BCUT2D eigenvalue weighted by atomic mass is 10.2. The van der Waals surface area contributed by atoms with E-state index in [0.29, 0.717) is 17.1 Å². The molecule has 3 rings (SSSR count). The lowest BCUT2D eigenvalue weighted by Crippen LogP contribution is -2.28. The number of hydrazine groups is 1. The molecule has 1 aliphatic rings. The van der Waals surface area contributed by atoms with Crippen LogP contribution in [0.25, 0.3) is 0 Å². The van der Waals surface area contributed by atoms with Gasteiger partial charge in [0, 0.05) is 10.9 Å². The van der Waals surface area contributed by atoms with E-state index in [1.165, 1.54) is 0 Å². The summed E-state index contributed by atoms with van der Waals surface area (Å²) in [5.74, 6) is 1.04. The first kappa shape index (κ1) is 10.9. The van der Waals surface area contributed by atoms with E-state index < -0.39 is 0 Å². The Kier molecular flexibility index (Phi) is 2.77. The van der Waals surface area contributed by atoms with E-state index in [0.717, 1.165) is 5.69 Å². The molecule has 1 aromatic carbocycles. The SMILES string of the molecule is O=C(NNc1ccsc1)c1ccc2c(c1)OCO2. The zero-order valence-corrected chi connectivity index (χ0v) is 10.1. The number of fused-ring (bicyclic) bond motifs is 1. The number of amides is 1. The summed E-state index contributed by atoms with van der Waals surface area (Å²) in [5, 5.41) is 3.83. The first-order valence-corrected chi connectivity index (χ1v) is 6.25. The van der Waals surface area contributed by atoms with Crippen LogP contribution in [0.2, 0.25) is 0 Å². The Morgan fingerprint density at radius 1 is 1.22 bits per heavy atom. The second-order valence-corrected chi connectivity index (χ2v) is 4.44.